The van der Waals surface area contributed by atoms with Crippen molar-refractivity contribution in [3.63, 3.8) is 0 Å². The number of nitrogens with zero attached hydrogens (tertiary/aromatic N) is 2. The minimum absolute atomic E-state index is 0.176. The van der Waals surface area contributed by atoms with Crippen molar-refractivity contribution in [2.24, 2.45) is 0 Å². The molecule has 1 aliphatic rings. The average molecular weight is 335 g/mol. The molecule has 0 unspecified atom stereocenters. The number of allylic oxidation sites excluding steroid dienone is 6. The fraction of sp³-hybridized carbons (Fsp3) is 0.150. The smallest absolute Gasteiger partial charge is 0.117 e. The summed E-state index contributed by atoms with van der Waals surface area (Å²) in [5, 5.41) is 20.8. The van der Waals surface area contributed by atoms with Crippen LogP contribution in [0.4, 0.5) is 0 Å². The molecular formula is C20H15ClN2O. The van der Waals surface area contributed by atoms with Crippen LogP contribution in [0, 0.1) is 23.2 Å². The van der Waals surface area contributed by atoms with Gasteiger partial charge in [-0.2, -0.15) is 5.26 Å². The first-order valence-corrected chi connectivity index (χ1v) is 8.02. The Labute approximate surface area is 145 Å². The Morgan fingerprint density at radius 2 is 2.12 bits per heavy atom. The predicted octanol–water partition coefficient (Wildman–Crippen LogP) is 4.60. The van der Waals surface area contributed by atoms with Gasteiger partial charge in [-0.3, -0.25) is 0 Å². The quantitative estimate of drug-likeness (QED) is 0.775. The second kappa shape index (κ2) is 6.71. The van der Waals surface area contributed by atoms with Crippen LogP contribution in [0.15, 0.2) is 53.1 Å². The third-order valence-corrected chi connectivity index (χ3v) is 4.13. The summed E-state index contributed by atoms with van der Waals surface area (Å²) in [6.45, 7) is 2.66. The molecule has 1 aromatic heterocycles. The lowest BCUT2D eigenvalue weighted by Crippen LogP contribution is -1.98. The van der Waals surface area contributed by atoms with Crippen LogP contribution in [0.5, 0.6) is 5.75 Å². The zero-order valence-corrected chi connectivity index (χ0v) is 13.9. The molecule has 0 saturated heterocycles. The number of nitriles is 1. The van der Waals surface area contributed by atoms with Gasteiger partial charge in [0.1, 0.15) is 17.5 Å². The minimum atomic E-state index is 0.176. The average Bonchev–Trinajstić information content (AvgIpc) is 2.71. The van der Waals surface area contributed by atoms with E-state index in [1.807, 2.05) is 35.8 Å². The Kier molecular flexibility index (Phi) is 4.47. The number of aromatic nitrogens is 1. The molecule has 0 amide bonds. The molecule has 3 nitrogen and oxygen atoms in total. The molecule has 0 spiro atoms. The molecule has 2 aromatic rings. The first kappa shape index (κ1) is 16.0. The fourth-order valence-corrected chi connectivity index (χ4v) is 2.90. The normalized spacial score (nSPS) is 13.5. The highest BCUT2D eigenvalue weighted by atomic mass is 35.5. The van der Waals surface area contributed by atoms with E-state index in [-0.39, 0.29) is 5.75 Å². The van der Waals surface area contributed by atoms with Gasteiger partial charge in [0.25, 0.3) is 0 Å². The molecule has 0 aliphatic heterocycles. The molecule has 4 heteroatoms. The Bertz CT molecular complexity index is 1000. The summed E-state index contributed by atoms with van der Waals surface area (Å²) >= 11 is 5.98. The van der Waals surface area contributed by atoms with Crippen LogP contribution in [0.25, 0.3) is 10.9 Å². The SMILES string of the molecule is CCn1c(C#CC2=CC=C(Cl)C=CC2)c(C#N)c2ccc(O)cc21. The number of benzene rings is 1. The van der Waals surface area contributed by atoms with Crippen molar-refractivity contribution in [2.75, 3.05) is 0 Å². The number of fused-ring (bicyclic) bond motifs is 1. The van der Waals surface area contributed by atoms with Gasteiger partial charge in [0.2, 0.25) is 0 Å². The molecule has 118 valence electrons. The highest BCUT2D eigenvalue weighted by Gasteiger charge is 2.15. The second-order valence-corrected chi connectivity index (χ2v) is 5.82. The lowest BCUT2D eigenvalue weighted by atomic mass is 10.1. The molecule has 24 heavy (non-hydrogen) atoms. The number of rotatable bonds is 1. The van der Waals surface area contributed by atoms with E-state index < -0.39 is 0 Å². The Hall–Kier alpha value is -2.88. The van der Waals surface area contributed by atoms with Gasteiger partial charge >= 0.3 is 0 Å². The molecule has 1 aliphatic carbocycles. The van der Waals surface area contributed by atoms with Crippen molar-refractivity contribution in [1.29, 1.82) is 5.26 Å². The topological polar surface area (TPSA) is 49.0 Å². The van der Waals surface area contributed by atoms with Gasteiger partial charge in [0.05, 0.1) is 11.1 Å². The maximum absolute atomic E-state index is 9.74. The third-order valence-electron chi connectivity index (χ3n) is 3.88. The molecule has 0 radical (unpaired) electrons. The summed E-state index contributed by atoms with van der Waals surface area (Å²) in [6.07, 6.45) is 8.22. The van der Waals surface area contributed by atoms with Gasteiger partial charge in [-0.25, -0.2) is 0 Å². The fourth-order valence-electron chi connectivity index (χ4n) is 2.74. The monoisotopic (exact) mass is 334 g/mol. The maximum atomic E-state index is 9.74. The van der Waals surface area contributed by atoms with E-state index in [0.717, 1.165) is 16.5 Å². The lowest BCUT2D eigenvalue weighted by Gasteiger charge is -2.03. The van der Waals surface area contributed by atoms with Gasteiger partial charge in [0.15, 0.2) is 0 Å². The number of phenols is 1. The third kappa shape index (κ3) is 2.95. The summed E-state index contributed by atoms with van der Waals surface area (Å²) in [5.74, 6) is 6.46. The number of halogens is 1. The minimum Gasteiger partial charge on any atom is -0.508 e. The first-order chi connectivity index (χ1) is 11.6. The van der Waals surface area contributed by atoms with E-state index in [0.29, 0.717) is 29.3 Å². The lowest BCUT2D eigenvalue weighted by molar-refractivity contribution is 0.476. The molecule has 0 fully saturated rings. The van der Waals surface area contributed by atoms with Crippen LogP contribution >= 0.6 is 11.6 Å². The van der Waals surface area contributed by atoms with Crippen molar-refractivity contribution in [2.45, 2.75) is 19.9 Å². The van der Waals surface area contributed by atoms with E-state index in [2.05, 4.69) is 17.9 Å². The molecule has 3 rings (SSSR count). The van der Waals surface area contributed by atoms with E-state index >= 15 is 0 Å². The summed E-state index contributed by atoms with van der Waals surface area (Å²) in [4.78, 5) is 0. The van der Waals surface area contributed by atoms with Crippen molar-refractivity contribution < 1.29 is 5.11 Å². The number of hydrogen-bond acceptors (Lipinski definition) is 2. The zero-order valence-electron chi connectivity index (χ0n) is 13.2. The molecule has 0 saturated carbocycles. The zero-order chi connectivity index (χ0) is 17.1. The molecule has 0 bridgehead atoms. The van der Waals surface area contributed by atoms with Crippen molar-refractivity contribution >= 4 is 22.5 Å². The highest BCUT2D eigenvalue weighted by molar-refractivity contribution is 6.31. The van der Waals surface area contributed by atoms with Crippen LogP contribution in [0.1, 0.15) is 24.6 Å². The molecule has 1 heterocycles. The van der Waals surface area contributed by atoms with Gasteiger partial charge < -0.3 is 9.67 Å². The molecule has 1 N–H and O–H groups in total. The standard InChI is InChI=1S/C20H15ClN2O/c1-2-23-19(11-7-14-4-3-5-15(21)8-6-14)18(13-22)17-10-9-16(24)12-20(17)23/h3,5-6,8-10,12,24H,2,4H2,1H3. The summed E-state index contributed by atoms with van der Waals surface area (Å²) < 4.78 is 1.95. The molecule has 0 atom stereocenters. The Morgan fingerprint density at radius 1 is 1.29 bits per heavy atom. The number of phenolic OH excluding ortho intramolecular Hbond substituents is 1. The predicted molar refractivity (Wildman–Crippen MR) is 96.6 cm³/mol. The van der Waals surface area contributed by atoms with E-state index in [1.165, 1.54) is 0 Å². The summed E-state index contributed by atoms with van der Waals surface area (Å²) in [5.41, 5.74) is 2.96. The second-order valence-electron chi connectivity index (χ2n) is 5.38. The first-order valence-electron chi connectivity index (χ1n) is 7.64. The number of aryl methyl sites for hydroxylation is 1. The van der Waals surface area contributed by atoms with Crippen molar-refractivity contribution in [3.05, 3.63) is 64.4 Å². The van der Waals surface area contributed by atoms with Gasteiger partial charge in [0, 0.05) is 28.6 Å². The number of hydrogen-bond donors (Lipinski definition) is 1. The Balaban J connectivity index is 2.16. The van der Waals surface area contributed by atoms with Crippen molar-refractivity contribution in [1.82, 2.24) is 4.57 Å². The van der Waals surface area contributed by atoms with Crippen LogP contribution in [0.3, 0.4) is 0 Å². The van der Waals surface area contributed by atoms with Crippen LogP contribution < -0.4 is 0 Å². The van der Waals surface area contributed by atoms with Crippen LogP contribution in [0.2, 0.25) is 0 Å². The van der Waals surface area contributed by atoms with Crippen LogP contribution in [-0.4, -0.2) is 9.67 Å². The van der Waals surface area contributed by atoms with Crippen LogP contribution in [-0.2, 0) is 6.54 Å². The van der Waals surface area contributed by atoms with E-state index in [4.69, 9.17) is 11.6 Å². The maximum Gasteiger partial charge on any atom is 0.117 e. The van der Waals surface area contributed by atoms with E-state index in [1.54, 1.807) is 18.2 Å². The van der Waals surface area contributed by atoms with Crippen molar-refractivity contribution in [3.8, 4) is 23.7 Å². The molecular weight excluding hydrogens is 320 g/mol. The van der Waals surface area contributed by atoms with Gasteiger partial charge in [-0.15, -0.1) is 0 Å². The highest BCUT2D eigenvalue weighted by Crippen LogP contribution is 2.28. The summed E-state index contributed by atoms with van der Waals surface area (Å²) in [7, 11) is 0. The largest absolute Gasteiger partial charge is 0.508 e. The van der Waals surface area contributed by atoms with Gasteiger partial charge in [-0.05, 0) is 49.6 Å². The summed E-state index contributed by atoms with van der Waals surface area (Å²) in [6, 6.07) is 7.27. The molecule has 1 aromatic carbocycles. The van der Waals surface area contributed by atoms with Gasteiger partial charge in [-0.1, -0.05) is 23.6 Å². The number of aromatic hydroxyl groups is 1. The Morgan fingerprint density at radius 3 is 2.88 bits per heavy atom. The van der Waals surface area contributed by atoms with E-state index in [9.17, 15) is 10.4 Å².